The molecular formula is C41H35ClN6O2. The van der Waals surface area contributed by atoms with E-state index in [9.17, 15) is 9.90 Å². The summed E-state index contributed by atoms with van der Waals surface area (Å²) >= 11 is 6.52. The molecule has 5 aromatic carbocycles. The lowest BCUT2D eigenvalue weighted by molar-refractivity contribution is 0.0691. The molecule has 0 saturated heterocycles. The molecule has 0 bridgehead atoms. The first-order chi connectivity index (χ1) is 24.5. The van der Waals surface area contributed by atoms with Crippen LogP contribution in [0.3, 0.4) is 0 Å². The summed E-state index contributed by atoms with van der Waals surface area (Å²) in [5, 5.41) is 24.3. The van der Waals surface area contributed by atoms with Crippen LogP contribution in [0, 0.1) is 0 Å². The molecule has 0 fully saturated rings. The monoisotopic (exact) mass is 678 g/mol. The average molecular weight is 679 g/mol. The van der Waals surface area contributed by atoms with Gasteiger partial charge in [-0.1, -0.05) is 164 Å². The third kappa shape index (κ3) is 6.10. The minimum absolute atomic E-state index is 0.111. The predicted molar refractivity (Wildman–Crippen MR) is 195 cm³/mol. The van der Waals surface area contributed by atoms with E-state index in [-0.39, 0.29) is 10.8 Å². The molecule has 8 nitrogen and oxygen atoms in total. The average Bonchev–Trinajstić information content (AvgIpc) is 3.78. The highest BCUT2D eigenvalue weighted by Gasteiger charge is 2.41. The van der Waals surface area contributed by atoms with Crippen LogP contribution in [0.5, 0.6) is 0 Å². The Morgan fingerprint density at radius 1 is 0.740 bits per heavy atom. The summed E-state index contributed by atoms with van der Waals surface area (Å²) < 4.78 is 1.80. The second-order valence-electron chi connectivity index (χ2n) is 12.1. The van der Waals surface area contributed by atoms with Gasteiger partial charge in [0.05, 0.1) is 6.54 Å². The summed E-state index contributed by atoms with van der Waals surface area (Å²) in [6, 6.07) is 47.0. The lowest BCUT2D eigenvalue weighted by Crippen LogP contribution is -2.39. The van der Waals surface area contributed by atoms with Gasteiger partial charge < -0.3 is 9.67 Å². The maximum atomic E-state index is 11.8. The van der Waals surface area contributed by atoms with Gasteiger partial charge in [0, 0.05) is 12.0 Å². The molecule has 2 aromatic heterocycles. The summed E-state index contributed by atoms with van der Waals surface area (Å²) in [4.78, 5) is 17.8. The fourth-order valence-electron chi connectivity index (χ4n) is 6.55. The zero-order valence-electron chi connectivity index (χ0n) is 27.5. The Kier molecular flexibility index (Phi) is 9.36. The summed E-state index contributed by atoms with van der Waals surface area (Å²) in [7, 11) is 0. The number of halogens is 1. The number of benzene rings is 5. The van der Waals surface area contributed by atoms with Crippen LogP contribution in [0.15, 0.2) is 140 Å². The Morgan fingerprint density at radius 2 is 1.28 bits per heavy atom. The summed E-state index contributed by atoms with van der Waals surface area (Å²) in [6.07, 6.45) is 2.52. The largest absolute Gasteiger partial charge is 0.476 e. The van der Waals surface area contributed by atoms with Gasteiger partial charge in [0.1, 0.15) is 11.0 Å². The van der Waals surface area contributed by atoms with Crippen LogP contribution >= 0.6 is 11.6 Å². The van der Waals surface area contributed by atoms with Crippen molar-refractivity contribution < 1.29 is 9.90 Å². The van der Waals surface area contributed by atoms with Gasteiger partial charge in [-0.05, 0) is 45.0 Å². The van der Waals surface area contributed by atoms with Crippen LogP contribution in [-0.4, -0.2) is 40.8 Å². The molecule has 0 amide bonds. The quantitative estimate of drug-likeness (QED) is 0.130. The van der Waals surface area contributed by atoms with E-state index in [1.807, 2.05) is 84.9 Å². The van der Waals surface area contributed by atoms with Gasteiger partial charge in [-0.15, -0.1) is 15.0 Å². The number of rotatable bonds is 12. The van der Waals surface area contributed by atoms with Crippen LogP contribution in [-0.2, 0) is 18.5 Å². The molecule has 0 aliphatic heterocycles. The van der Waals surface area contributed by atoms with Crippen molar-refractivity contribution in [2.75, 3.05) is 0 Å². The Morgan fingerprint density at radius 3 is 1.82 bits per heavy atom. The van der Waals surface area contributed by atoms with E-state index in [0.717, 1.165) is 51.8 Å². The van der Waals surface area contributed by atoms with Crippen molar-refractivity contribution in [1.29, 1.82) is 0 Å². The van der Waals surface area contributed by atoms with E-state index in [4.69, 9.17) is 21.9 Å². The summed E-state index contributed by atoms with van der Waals surface area (Å²) in [5.74, 6) is 0.0526. The Balaban J connectivity index is 1.27. The van der Waals surface area contributed by atoms with E-state index < -0.39 is 11.5 Å². The predicted octanol–water partition coefficient (Wildman–Crippen LogP) is 8.79. The first kappa shape index (κ1) is 32.7. The van der Waals surface area contributed by atoms with Crippen LogP contribution in [0.2, 0.25) is 5.15 Å². The molecule has 0 aliphatic carbocycles. The van der Waals surface area contributed by atoms with Gasteiger partial charge in [0.2, 0.25) is 5.82 Å². The Bertz CT molecular complexity index is 2120. The minimum Gasteiger partial charge on any atom is -0.476 e. The number of hydrogen-bond acceptors (Lipinski definition) is 5. The van der Waals surface area contributed by atoms with E-state index in [2.05, 4.69) is 71.6 Å². The Labute approximate surface area is 295 Å². The number of aryl methyl sites for hydroxylation is 1. The van der Waals surface area contributed by atoms with Crippen LogP contribution < -0.4 is 0 Å². The third-order valence-electron chi connectivity index (χ3n) is 9.00. The third-order valence-corrected chi connectivity index (χ3v) is 9.39. The Hall–Kier alpha value is -5.86. The number of hydrogen-bond donors (Lipinski definition) is 1. The van der Waals surface area contributed by atoms with Crippen molar-refractivity contribution in [3.63, 3.8) is 0 Å². The molecule has 0 spiro atoms. The van der Waals surface area contributed by atoms with Crippen molar-refractivity contribution in [2.24, 2.45) is 0 Å². The molecule has 50 heavy (non-hydrogen) atoms. The zero-order valence-corrected chi connectivity index (χ0v) is 28.3. The normalized spacial score (nSPS) is 11.5. The molecule has 7 aromatic rings. The lowest BCUT2D eigenvalue weighted by Gasteiger charge is -2.34. The number of nitrogens with zero attached hydrogens (tertiary/aromatic N) is 6. The maximum Gasteiger partial charge on any atom is 0.357 e. The van der Waals surface area contributed by atoms with Gasteiger partial charge in [-0.3, -0.25) is 0 Å². The van der Waals surface area contributed by atoms with E-state index in [1.54, 1.807) is 9.36 Å². The summed E-state index contributed by atoms with van der Waals surface area (Å²) in [6.45, 7) is 2.50. The molecule has 1 N–H and O–H groups in total. The molecule has 0 atom stereocenters. The van der Waals surface area contributed by atoms with Crippen molar-refractivity contribution in [3.8, 4) is 22.5 Å². The fraction of sp³-hybridized carbons (Fsp3) is 0.146. The molecule has 7 rings (SSSR count). The van der Waals surface area contributed by atoms with Crippen molar-refractivity contribution in [2.45, 2.75) is 38.3 Å². The highest BCUT2D eigenvalue weighted by Crippen LogP contribution is 2.40. The second kappa shape index (κ2) is 14.3. The van der Waals surface area contributed by atoms with Crippen LogP contribution in [0.25, 0.3) is 22.5 Å². The van der Waals surface area contributed by atoms with Gasteiger partial charge in [-0.2, -0.15) is 0 Å². The lowest BCUT2D eigenvalue weighted by atomic mass is 9.77. The number of tetrazole rings is 1. The van der Waals surface area contributed by atoms with E-state index in [1.165, 1.54) is 0 Å². The van der Waals surface area contributed by atoms with E-state index >= 15 is 0 Å². The van der Waals surface area contributed by atoms with Crippen molar-refractivity contribution >= 4 is 17.6 Å². The van der Waals surface area contributed by atoms with E-state index in [0.29, 0.717) is 24.6 Å². The first-order valence-electron chi connectivity index (χ1n) is 16.6. The second-order valence-corrected chi connectivity index (χ2v) is 12.5. The highest BCUT2D eigenvalue weighted by atomic mass is 35.5. The first-order valence-corrected chi connectivity index (χ1v) is 17.0. The molecule has 0 unspecified atom stereocenters. The molecule has 0 saturated carbocycles. The minimum atomic E-state index is -1.13. The number of carboxylic acid groups (broad SMARTS) is 1. The highest BCUT2D eigenvalue weighted by molar-refractivity contribution is 6.32. The number of carbonyl (C=O) groups is 1. The van der Waals surface area contributed by atoms with Gasteiger partial charge in [-0.25, -0.2) is 9.78 Å². The molecular weight excluding hydrogens is 644 g/mol. The van der Waals surface area contributed by atoms with Crippen molar-refractivity contribution in [1.82, 2.24) is 29.8 Å². The molecule has 0 radical (unpaired) electrons. The zero-order chi connectivity index (χ0) is 34.5. The topological polar surface area (TPSA) is 98.7 Å². The number of aromatic nitrogens is 6. The molecule has 0 aliphatic rings. The van der Waals surface area contributed by atoms with Gasteiger partial charge in [0.25, 0.3) is 0 Å². The van der Waals surface area contributed by atoms with Gasteiger partial charge >= 0.3 is 5.97 Å². The number of unbranched alkanes of at least 4 members (excludes halogenated alkanes) is 1. The smallest absolute Gasteiger partial charge is 0.357 e. The molecule has 2 heterocycles. The van der Waals surface area contributed by atoms with Gasteiger partial charge in [0.15, 0.2) is 11.2 Å². The van der Waals surface area contributed by atoms with Crippen LogP contribution in [0.1, 0.15) is 58.3 Å². The molecule has 9 heteroatoms. The molecule has 248 valence electrons. The number of carboxylic acids is 1. The SMILES string of the molecule is CCCCc1nc(C(=O)O)c(Cl)n1Cc1ccc(-c2ccccc2-c2nnn(C(c3ccccc3)(c3ccccc3)c3ccccc3)n2)cc1. The van der Waals surface area contributed by atoms with Crippen LogP contribution in [0.4, 0.5) is 0 Å². The number of imidazole rings is 1. The van der Waals surface area contributed by atoms with Crippen molar-refractivity contribution in [3.05, 3.63) is 178 Å². The summed E-state index contributed by atoms with van der Waals surface area (Å²) in [5.41, 5.74) is 5.81. The number of aromatic carboxylic acids is 1. The standard InChI is InChI=1S/C41H35ClN6O2/c1-2-3-23-36-43-37(40(49)50)38(42)47(36)28-29-24-26-30(27-25-29)34-21-13-14-22-35(34)39-44-46-48(45-39)41(31-15-7-4-8-16-31,32-17-9-5-10-18-32)33-19-11-6-12-20-33/h4-22,24-27H,2-3,23,28H2,1H3,(H,49,50). The maximum absolute atomic E-state index is 11.8. The fourth-order valence-corrected chi connectivity index (χ4v) is 6.83.